The molecule has 10 heteroatoms. The summed E-state index contributed by atoms with van der Waals surface area (Å²) < 4.78 is 31.7. The monoisotopic (exact) mass is 372 g/mol. The van der Waals surface area contributed by atoms with E-state index in [0.717, 1.165) is 0 Å². The maximum Gasteiger partial charge on any atom is 0.294 e. The number of non-ortho nitro benzene ring substituents is 1. The molecule has 0 bridgehead atoms. The second-order valence-electron chi connectivity index (χ2n) is 5.33. The largest absolute Gasteiger partial charge is 0.397 e. The van der Waals surface area contributed by atoms with Crippen molar-refractivity contribution in [2.75, 3.05) is 5.73 Å². The Balaban J connectivity index is 2.03. The standard InChI is InChI=1S/C16H12N4O5S/c17-15-8-1-10-9-13(26(23,24)25)6-7-14(10)16(15)19-18-11-2-4-12(5-3-11)20(21)22/h1-9H,17H2,(H,23,24,25). The van der Waals surface area contributed by atoms with Gasteiger partial charge >= 0.3 is 0 Å². The van der Waals surface area contributed by atoms with Gasteiger partial charge in [0.25, 0.3) is 15.8 Å². The Bertz CT molecular complexity index is 1140. The molecule has 9 nitrogen and oxygen atoms in total. The van der Waals surface area contributed by atoms with Crippen LogP contribution in [0.1, 0.15) is 0 Å². The minimum atomic E-state index is -4.32. The Kier molecular flexibility index (Phi) is 4.36. The Morgan fingerprint density at radius 1 is 1.00 bits per heavy atom. The zero-order chi connectivity index (χ0) is 18.9. The maximum absolute atomic E-state index is 11.3. The van der Waals surface area contributed by atoms with Gasteiger partial charge in [0.15, 0.2) is 0 Å². The molecule has 0 fully saturated rings. The quantitative estimate of drug-likeness (QED) is 0.232. The molecule has 3 N–H and O–H groups in total. The van der Waals surface area contributed by atoms with Crippen LogP contribution in [0.3, 0.4) is 0 Å². The van der Waals surface area contributed by atoms with Crippen molar-refractivity contribution in [3.8, 4) is 0 Å². The second-order valence-corrected chi connectivity index (χ2v) is 6.76. The lowest BCUT2D eigenvalue weighted by molar-refractivity contribution is -0.384. The molecular weight excluding hydrogens is 360 g/mol. The first-order valence-corrected chi connectivity index (χ1v) is 8.65. The molecule has 0 unspecified atom stereocenters. The molecule has 132 valence electrons. The first kappa shape index (κ1) is 17.5. The van der Waals surface area contributed by atoms with Gasteiger partial charge in [0.05, 0.1) is 21.2 Å². The van der Waals surface area contributed by atoms with Crippen molar-refractivity contribution >= 4 is 43.6 Å². The Morgan fingerprint density at radius 3 is 2.31 bits per heavy atom. The number of nitro groups is 1. The fourth-order valence-electron chi connectivity index (χ4n) is 2.33. The summed E-state index contributed by atoms with van der Waals surface area (Å²) in [4.78, 5) is 9.90. The van der Waals surface area contributed by atoms with Gasteiger partial charge in [-0.3, -0.25) is 14.7 Å². The van der Waals surface area contributed by atoms with Gasteiger partial charge < -0.3 is 5.73 Å². The van der Waals surface area contributed by atoms with Crippen molar-refractivity contribution in [2.24, 2.45) is 10.2 Å². The highest BCUT2D eigenvalue weighted by atomic mass is 32.2. The average molecular weight is 372 g/mol. The minimum Gasteiger partial charge on any atom is -0.397 e. The van der Waals surface area contributed by atoms with Gasteiger partial charge in [-0.1, -0.05) is 12.1 Å². The summed E-state index contributed by atoms with van der Waals surface area (Å²) in [6.07, 6.45) is 0. The van der Waals surface area contributed by atoms with E-state index in [1.54, 1.807) is 12.1 Å². The number of fused-ring (bicyclic) bond motifs is 1. The molecule has 0 aromatic heterocycles. The van der Waals surface area contributed by atoms with Crippen LogP contribution in [0.25, 0.3) is 10.8 Å². The number of azo groups is 1. The Morgan fingerprint density at radius 2 is 1.69 bits per heavy atom. The lowest BCUT2D eigenvalue weighted by Crippen LogP contribution is -1.97. The highest BCUT2D eigenvalue weighted by Gasteiger charge is 2.12. The normalized spacial score (nSPS) is 11.9. The van der Waals surface area contributed by atoms with Crippen molar-refractivity contribution in [1.29, 1.82) is 0 Å². The van der Waals surface area contributed by atoms with E-state index in [1.807, 2.05) is 0 Å². The molecule has 0 saturated heterocycles. The Hall–Kier alpha value is -3.37. The molecule has 0 aliphatic heterocycles. The van der Waals surface area contributed by atoms with E-state index in [-0.39, 0.29) is 10.6 Å². The minimum absolute atomic E-state index is 0.0635. The third-order valence-electron chi connectivity index (χ3n) is 3.62. The van der Waals surface area contributed by atoms with Crippen molar-refractivity contribution in [1.82, 2.24) is 0 Å². The number of hydrogen-bond donors (Lipinski definition) is 2. The SMILES string of the molecule is Nc1ccc2cc(S(=O)(=O)O)ccc2c1N=Nc1ccc([N+](=O)[O-])cc1. The van der Waals surface area contributed by atoms with Crippen molar-refractivity contribution < 1.29 is 17.9 Å². The van der Waals surface area contributed by atoms with Crippen LogP contribution < -0.4 is 5.73 Å². The van der Waals surface area contributed by atoms with Gasteiger partial charge in [-0.05, 0) is 35.7 Å². The van der Waals surface area contributed by atoms with Gasteiger partial charge in [0.1, 0.15) is 5.69 Å². The molecular formula is C16H12N4O5S. The molecule has 3 aromatic rings. The summed E-state index contributed by atoms with van der Waals surface area (Å²) in [6, 6.07) is 12.7. The lowest BCUT2D eigenvalue weighted by Gasteiger charge is -2.06. The highest BCUT2D eigenvalue weighted by molar-refractivity contribution is 7.85. The van der Waals surface area contributed by atoms with E-state index in [2.05, 4.69) is 10.2 Å². The number of nitro benzene ring substituents is 1. The highest BCUT2D eigenvalue weighted by Crippen LogP contribution is 2.34. The number of nitrogens with two attached hydrogens (primary N) is 1. The third kappa shape index (κ3) is 3.50. The van der Waals surface area contributed by atoms with Crippen molar-refractivity contribution in [2.45, 2.75) is 4.90 Å². The molecule has 0 spiro atoms. The molecule has 0 radical (unpaired) electrons. The number of nitrogens with zero attached hydrogens (tertiary/aromatic N) is 3. The van der Waals surface area contributed by atoms with E-state index in [0.29, 0.717) is 27.8 Å². The number of anilines is 1. The van der Waals surface area contributed by atoms with E-state index >= 15 is 0 Å². The van der Waals surface area contributed by atoms with Crippen LogP contribution in [-0.4, -0.2) is 17.9 Å². The van der Waals surface area contributed by atoms with Gasteiger partial charge in [0.2, 0.25) is 0 Å². The number of hydrogen-bond acceptors (Lipinski definition) is 7. The molecule has 0 heterocycles. The molecule has 0 aliphatic carbocycles. The van der Waals surface area contributed by atoms with Crippen LogP contribution in [0.5, 0.6) is 0 Å². The topological polar surface area (TPSA) is 148 Å². The zero-order valence-corrected chi connectivity index (χ0v) is 13.9. The number of benzene rings is 3. The van der Waals surface area contributed by atoms with Crippen LogP contribution in [0.2, 0.25) is 0 Å². The molecule has 0 amide bonds. The van der Waals surface area contributed by atoms with Crippen LogP contribution in [-0.2, 0) is 10.1 Å². The molecule has 26 heavy (non-hydrogen) atoms. The zero-order valence-electron chi connectivity index (χ0n) is 13.1. The Labute approximate surface area is 147 Å². The first-order chi connectivity index (χ1) is 12.3. The summed E-state index contributed by atoms with van der Waals surface area (Å²) in [5, 5.41) is 19.8. The van der Waals surface area contributed by atoms with E-state index in [4.69, 9.17) is 10.3 Å². The van der Waals surface area contributed by atoms with Crippen LogP contribution in [0.15, 0.2) is 69.7 Å². The average Bonchev–Trinajstić information content (AvgIpc) is 2.60. The summed E-state index contributed by atoms with van der Waals surface area (Å²) in [5.74, 6) is 0. The molecule has 0 aliphatic rings. The summed E-state index contributed by atoms with van der Waals surface area (Å²) in [5.41, 5.74) is 6.90. The van der Waals surface area contributed by atoms with Gasteiger partial charge in [0, 0.05) is 17.5 Å². The predicted molar refractivity (Wildman–Crippen MR) is 95.4 cm³/mol. The first-order valence-electron chi connectivity index (χ1n) is 7.21. The second kappa shape index (κ2) is 6.50. The summed E-state index contributed by atoms with van der Waals surface area (Å²) in [6.45, 7) is 0. The summed E-state index contributed by atoms with van der Waals surface area (Å²) >= 11 is 0. The molecule has 3 rings (SSSR count). The predicted octanol–water partition coefficient (Wildman–Crippen LogP) is 3.99. The molecule has 3 aromatic carbocycles. The molecule has 0 atom stereocenters. The van der Waals surface area contributed by atoms with Gasteiger partial charge in [-0.2, -0.15) is 13.5 Å². The van der Waals surface area contributed by atoms with E-state index in [9.17, 15) is 18.5 Å². The lowest BCUT2D eigenvalue weighted by atomic mass is 10.1. The van der Waals surface area contributed by atoms with Crippen LogP contribution in [0, 0.1) is 10.1 Å². The van der Waals surface area contributed by atoms with Crippen LogP contribution >= 0.6 is 0 Å². The van der Waals surface area contributed by atoms with Gasteiger partial charge in [-0.15, -0.1) is 5.11 Å². The number of nitrogen functional groups attached to an aromatic ring is 1. The van der Waals surface area contributed by atoms with Gasteiger partial charge in [-0.25, -0.2) is 0 Å². The maximum atomic E-state index is 11.3. The van der Waals surface area contributed by atoms with Crippen molar-refractivity contribution in [3.05, 3.63) is 64.7 Å². The molecule has 0 saturated carbocycles. The fraction of sp³-hybridized carbons (Fsp3) is 0. The van der Waals surface area contributed by atoms with Crippen molar-refractivity contribution in [3.63, 3.8) is 0 Å². The smallest absolute Gasteiger partial charge is 0.294 e. The third-order valence-corrected chi connectivity index (χ3v) is 4.47. The summed E-state index contributed by atoms with van der Waals surface area (Å²) in [7, 11) is -4.32. The van der Waals surface area contributed by atoms with E-state index < -0.39 is 15.0 Å². The fourth-order valence-corrected chi connectivity index (χ4v) is 2.85. The number of rotatable bonds is 4. The van der Waals surface area contributed by atoms with Crippen LogP contribution in [0.4, 0.5) is 22.7 Å². The van der Waals surface area contributed by atoms with E-state index in [1.165, 1.54) is 42.5 Å².